The Labute approximate surface area is 132 Å². The molecule has 0 bridgehead atoms. The van der Waals surface area contributed by atoms with Crippen LogP contribution in [0.25, 0.3) is 11.4 Å². The molecule has 0 fully saturated rings. The summed E-state index contributed by atoms with van der Waals surface area (Å²) < 4.78 is 24.0. The Morgan fingerprint density at radius 3 is 2.83 bits per heavy atom. The number of aromatic nitrogens is 2. The summed E-state index contributed by atoms with van der Waals surface area (Å²) in [5, 5.41) is 13.1. The van der Waals surface area contributed by atoms with Crippen molar-refractivity contribution in [2.75, 3.05) is 0 Å². The highest BCUT2D eigenvalue weighted by Gasteiger charge is 2.11. The first-order valence-corrected chi connectivity index (χ1v) is 7.08. The fraction of sp³-hybridized carbons (Fsp3) is 0.176. The molecule has 0 aliphatic rings. The zero-order valence-corrected chi connectivity index (χ0v) is 12.5. The number of nitrogens with zero attached hydrogens (tertiary/aromatic N) is 2. The fourth-order valence-corrected chi connectivity index (χ4v) is 2.13. The Kier molecular flexibility index (Phi) is 4.34. The van der Waals surface area contributed by atoms with Crippen molar-refractivity contribution < 1.29 is 18.8 Å². The molecule has 3 aromatic rings. The van der Waals surface area contributed by atoms with E-state index < -0.39 is 0 Å². The summed E-state index contributed by atoms with van der Waals surface area (Å²) >= 11 is 0. The van der Waals surface area contributed by atoms with Gasteiger partial charge in [-0.3, -0.25) is 0 Å². The van der Waals surface area contributed by atoms with E-state index in [0.29, 0.717) is 34.2 Å². The average molecular weight is 314 g/mol. The highest BCUT2D eigenvalue weighted by atomic mass is 19.1. The lowest BCUT2D eigenvalue weighted by molar-refractivity contribution is 0.229. The van der Waals surface area contributed by atoms with Gasteiger partial charge in [0.1, 0.15) is 11.6 Å². The van der Waals surface area contributed by atoms with Crippen LogP contribution in [-0.2, 0) is 13.2 Å². The van der Waals surface area contributed by atoms with Gasteiger partial charge in [-0.2, -0.15) is 4.98 Å². The monoisotopic (exact) mass is 314 g/mol. The van der Waals surface area contributed by atoms with Crippen molar-refractivity contribution in [3.8, 4) is 17.1 Å². The highest BCUT2D eigenvalue weighted by Crippen LogP contribution is 2.21. The second-order valence-electron chi connectivity index (χ2n) is 5.03. The van der Waals surface area contributed by atoms with Gasteiger partial charge in [-0.1, -0.05) is 23.4 Å². The maximum atomic E-state index is 13.3. The Morgan fingerprint density at radius 2 is 2.04 bits per heavy atom. The molecule has 1 aromatic heterocycles. The third-order valence-electron chi connectivity index (χ3n) is 3.38. The minimum absolute atomic E-state index is 0.0875. The molecular formula is C17H15FN2O3. The second-order valence-corrected chi connectivity index (χ2v) is 5.03. The first-order valence-electron chi connectivity index (χ1n) is 7.08. The van der Waals surface area contributed by atoms with E-state index in [1.54, 1.807) is 31.2 Å². The number of halogens is 1. The van der Waals surface area contributed by atoms with E-state index in [-0.39, 0.29) is 19.0 Å². The van der Waals surface area contributed by atoms with Crippen LogP contribution >= 0.6 is 0 Å². The molecule has 0 aliphatic carbocycles. The molecule has 0 unspecified atom stereocenters. The van der Waals surface area contributed by atoms with E-state index in [2.05, 4.69) is 10.1 Å². The summed E-state index contributed by atoms with van der Waals surface area (Å²) in [7, 11) is 0. The van der Waals surface area contributed by atoms with Gasteiger partial charge in [0, 0.05) is 11.1 Å². The number of hydrogen-bond acceptors (Lipinski definition) is 5. The Morgan fingerprint density at radius 1 is 1.22 bits per heavy atom. The highest BCUT2D eigenvalue weighted by molar-refractivity contribution is 5.55. The number of benzene rings is 2. The van der Waals surface area contributed by atoms with Crippen LogP contribution in [0.15, 0.2) is 47.0 Å². The molecule has 0 saturated carbocycles. The normalized spacial score (nSPS) is 10.7. The third-order valence-corrected chi connectivity index (χ3v) is 3.38. The summed E-state index contributed by atoms with van der Waals surface area (Å²) in [5.74, 6) is 0.964. The number of aryl methyl sites for hydroxylation is 1. The van der Waals surface area contributed by atoms with E-state index in [4.69, 9.17) is 9.26 Å². The van der Waals surface area contributed by atoms with Crippen LogP contribution < -0.4 is 4.74 Å². The molecule has 0 radical (unpaired) electrons. The van der Waals surface area contributed by atoms with Crippen molar-refractivity contribution in [2.45, 2.75) is 20.1 Å². The molecule has 0 spiro atoms. The Bertz CT molecular complexity index is 817. The van der Waals surface area contributed by atoms with Gasteiger partial charge in [0.25, 0.3) is 5.89 Å². The summed E-state index contributed by atoms with van der Waals surface area (Å²) in [5.41, 5.74) is 1.87. The molecule has 0 atom stereocenters. The molecule has 5 nitrogen and oxygen atoms in total. The van der Waals surface area contributed by atoms with Gasteiger partial charge in [-0.25, -0.2) is 4.39 Å². The van der Waals surface area contributed by atoms with Crippen LogP contribution in [0, 0.1) is 12.7 Å². The van der Waals surface area contributed by atoms with Crippen molar-refractivity contribution >= 4 is 0 Å². The topological polar surface area (TPSA) is 68.4 Å². The van der Waals surface area contributed by atoms with Gasteiger partial charge in [-0.15, -0.1) is 0 Å². The van der Waals surface area contributed by atoms with Crippen LogP contribution in [0.5, 0.6) is 5.75 Å². The minimum atomic E-state index is -0.276. The quantitative estimate of drug-likeness (QED) is 0.783. The molecule has 2 aromatic carbocycles. The van der Waals surface area contributed by atoms with Crippen molar-refractivity contribution in [1.82, 2.24) is 10.1 Å². The maximum absolute atomic E-state index is 13.3. The smallest absolute Gasteiger partial charge is 0.264 e. The lowest BCUT2D eigenvalue weighted by Crippen LogP contribution is -1.99. The zero-order valence-electron chi connectivity index (χ0n) is 12.5. The summed E-state index contributed by atoms with van der Waals surface area (Å²) in [6.45, 7) is 1.65. The van der Waals surface area contributed by atoms with E-state index >= 15 is 0 Å². The van der Waals surface area contributed by atoms with Crippen molar-refractivity contribution in [3.63, 3.8) is 0 Å². The van der Waals surface area contributed by atoms with Gasteiger partial charge in [0.05, 0.1) is 6.61 Å². The Balaban J connectivity index is 1.73. The van der Waals surface area contributed by atoms with Crippen molar-refractivity contribution in [3.05, 3.63) is 65.3 Å². The van der Waals surface area contributed by atoms with Crippen molar-refractivity contribution in [2.24, 2.45) is 0 Å². The average Bonchev–Trinajstić information content (AvgIpc) is 3.04. The lowest BCUT2D eigenvalue weighted by Gasteiger charge is -2.07. The summed E-state index contributed by atoms with van der Waals surface area (Å²) in [6.07, 6.45) is 0. The molecule has 118 valence electrons. The minimum Gasteiger partial charge on any atom is -0.483 e. The van der Waals surface area contributed by atoms with Gasteiger partial charge >= 0.3 is 0 Å². The predicted octanol–water partition coefficient (Wildman–Crippen LogP) is 3.26. The first kappa shape index (κ1) is 15.2. The van der Waals surface area contributed by atoms with Crippen LogP contribution in [0.2, 0.25) is 0 Å². The molecule has 0 aliphatic heterocycles. The Hall–Kier alpha value is -2.73. The van der Waals surface area contributed by atoms with Crippen LogP contribution in [0.1, 0.15) is 17.0 Å². The molecular weight excluding hydrogens is 299 g/mol. The standard InChI is InChI=1S/C17H15FN2O3/c1-11-8-12(6-7-14(11)18)17-19-16(23-20-17)10-22-15-5-3-2-4-13(15)9-21/h2-8,21H,9-10H2,1H3. The van der Waals surface area contributed by atoms with Gasteiger partial charge < -0.3 is 14.4 Å². The number of rotatable bonds is 5. The van der Waals surface area contributed by atoms with E-state index in [1.165, 1.54) is 6.07 Å². The predicted molar refractivity (Wildman–Crippen MR) is 81.1 cm³/mol. The van der Waals surface area contributed by atoms with Crippen LogP contribution in [0.3, 0.4) is 0 Å². The van der Waals surface area contributed by atoms with Gasteiger partial charge in [-0.05, 0) is 36.8 Å². The van der Waals surface area contributed by atoms with Crippen LogP contribution in [0.4, 0.5) is 4.39 Å². The molecule has 3 rings (SSSR count). The SMILES string of the molecule is Cc1cc(-c2noc(COc3ccccc3CO)n2)ccc1F. The maximum Gasteiger partial charge on any atom is 0.264 e. The molecule has 23 heavy (non-hydrogen) atoms. The van der Waals surface area contributed by atoms with Gasteiger partial charge in [0.2, 0.25) is 5.82 Å². The van der Waals surface area contributed by atoms with Crippen LogP contribution in [-0.4, -0.2) is 15.2 Å². The molecule has 0 saturated heterocycles. The number of aliphatic hydroxyl groups is 1. The van der Waals surface area contributed by atoms with E-state index in [0.717, 1.165) is 0 Å². The fourth-order valence-electron chi connectivity index (χ4n) is 2.13. The summed E-state index contributed by atoms with van der Waals surface area (Å²) in [6, 6.07) is 11.8. The largest absolute Gasteiger partial charge is 0.483 e. The van der Waals surface area contributed by atoms with E-state index in [9.17, 15) is 9.50 Å². The first-order chi connectivity index (χ1) is 11.2. The number of ether oxygens (including phenoxy) is 1. The molecule has 0 amide bonds. The number of para-hydroxylation sites is 1. The zero-order chi connectivity index (χ0) is 16.2. The molecule has 1 heterocycles. The van der Waals surface area contributed by atoms with Crippen molar-refractivity contribution in [1.29, 1.82) is 0 Å². The number of aliphatic hydroxyl groups excluding tert-OH is 1. The number of hydrogen-bond donors (Lipinski definition) is 1. The summed E-state index contributed by atoms with van der Waals surface area (Å²) in [4.78, 5) is 4.23. The lowest BCUT2D eigenvalue weighted by atomic mass is 10.1. The third kappa shape index (κ3) is 3.37. The van der Waals surface area contributed by atoms with Gasteiger partial charge in [0.15, 0.2) is 6.61 Å². The molecule has 6 heteroatoms. The second kappa shape index (κ2) is 6.58. The van der Waals surface area contributed by atoms with E-state index in [1.807, 2.05) is 12.1 Å². The molecule has 1 N–H and O–H groups in total.